The van der Waals surface area contributed by atoms with Crippen molar-refractivity contribution in [3.63, 3.8) is 0 Å². The van der Waals surface area contributed by atoms with Crippen LogP contribution in [0.3, 0.4) is 0 Å². The van der Waals surface area contributed by atoms with Crippen molar-refractivity contribution >= 4 is 32.8 Å². The number of aromatic nitrogens is 2. The highest BCUT2D eigenvalue weighted by Crippen LogP contribution is 2.38. The number of halogens is 1. The van der Waals surface area contributed by atoms with Gasteiger partial charge in [-0.3, -0.25) is 4.79 Å². The molecule has 2 aliphatic rings. The third-order valence-electron chi connectivity index (χ3n) is 5.47. The minimum absolute atomic E-state index is 0.117. The Morgan fingerprint density at radius 3 is 2.89 bits per heavy atom. The highest BCUT2D eigenvalue weighted by Gasteiger charge is 2.45. The lowest BCUT2D eigenvalue weighted by Crippen LogP contribution is -2.44. The topological polar surface area (TPSA) is 81.4 Å². The first-order valence-electron chi connectivity index (χ1n) is 8.68. The van der Waals surface area contributed by atoms with Gasteiger partial charge in [0, 0.05) is 21.0 Å². The number of pyridine rings is 2. The highest BCUT2D eigenvalue weighted by atomic mass is 79.9. The van der Waals surface area contributed by atoms with Gasteiger partial charge in [0.1, 0.15) is 6.61 Å². The third kappa shape index (κ3) is 2.18. The number of esters is 1. The van der Waals surface area contributed by atoms with Crippen LogP contribution in [0.2, 0.25) is 0 Å². The van der Waals surface area contributed by atoms with E-state index in [-0.39, 0.29) is 18.6 Å². The zero-order chi connectivity index (χ0) is 18.9. The second-order valence-electron chi connectivity index (χ2n) is 6.94. The van der Waals surface area contributed by atoms with E-state index in [0.717, 1.165) is 20.9 Å². The van der Waals surface area contributed by atoms with E-state index in [9.17, 15) is 14.7 Å². The Morgan fingerprint density at radius 1 is 1.30 bits per heavy atom. The van der Waals surface area contributed by atoms with Crippen LogP contribution in [0.15, 0.2) is 39.6 Å². The summed E-state index contributed by atoms with van der Waals surface area (Å²) in [5.74, 6) is -0.713. The number of carbonyl (C=O) groups excluding carboxylic acids is 1. The maximum atomic E-state index is 13.1. The van der Waals surface area contributed by atoms with Crippen molar-refractivity contribution in [3.8, 4) is 11.4 Å². The molecule has 1 aromatic carbocycles. The summed E-state index contributed by atoms with van der Waals surface area (Å²) in [6.45, 7) is 1.99. The predicted molar refractivity (Wildman–Crippen MR) is 102 cm³/mol. The largest absolute Gasteiger partial charge is 0.458 e. The molecular formula is C20H15BrN2O4. The quantitative estimate of drug-likeness (QED) is 0.473. The number of nitrogens with zero attached hydrogens (tertiary/aromatic N) is 2. The van der Waals surface area contributed by atoms with E-state index < -0.39 is 11.6 Å². The average Bonchev–Trinajstić information content (AvgIpc) is 3.01. The van der Waals surface area contributed by atoms with E-state index in [4.69, 9.17) is 9.72 Å². The maximum absolute atomic E-state index is 13.1. The van der Waals surface area contributed by atoms with Gasteiger partial charge in [0.25, 0.3) is 5.56 Å². The number of carbonyl (C=O) groups is 1. The fourth-order valence-corrected chi connectivity index (χ4v) is 4.30. The van der Waals surface area contributed by atoms with E-state index in [1.165, 1.54) is 0 Å². The lowest BCUT2D eigenvalue weighted by atomic mass is 9.86. The van der Waals surface area contributed by atoms with Gasteiger partial charge in [-0.15, -0.1) is 0 Å². The van der Waals surface area contributed by atoms with Crippen LogP contribution < -0.4 is 5.56 Å². The van der Waals surface area contributed by atoms with Gasteiger partial charge in [0.05, 0.1) is 29.0 Å². The van der Waals surface area contributed by atoms with E-state index in [2.05, 4.69) is 15.9 Å². The van der Waals surface area contributed by atoms with Gasteiger partial charge in [-0.05, 0) is 30.7 Å². The van der Waals surface area contributed by atoms with Crippen molar-refractivity contribution < 1.29 is 14.6 Å². The first kappa shape index (κ1) is 16.6. The van der Waals surface area contributed by atoms with E-state index >= 15 is 0 Å². The minimum atomic E-state index is -1.80. The van der Waals surface area contributed by atoms with Crippen LogP contribution in [0, 0.1) is 0 Å². The number of rotatable bonds is 1. The van der Waals surface area contributed by atoms with Crippen LogP contribution in [0.5, 0.6) is 0 Å². The van der Waals surface area contributed by atoms with E-state index in [1.807, 2.05) is 24.3 Å². The van der Waals surface area contributed by atoms with Crippen molar-refractivity contribution in [1.82, 2.24) is 9.55 Å². The highest BCUT2D eigenvalue weighted by molar-refractivity contribution is 9.10. The monoisotopic (exact) mass is 426 g/mol. The summed E-state index contributed by atoms with van der Waals surface area (Å²) in [4.78, 5) is 30.0. The Morgan fingerprint density at radius 2 is 2.11 bits per heavy atom. The number of ether oxygens (including phenoxy) is 1. The second-order valence-corrected chi connectivity index (χ2v) is 7.85. The average molecular weight is 427 g/mol. The van der Waals surface area contributed by atoms with Crippen LogP contribution >= 0.6 is 15.9 Å². The molecule has 3 aromatic rings. The van der Waals surface area contributed by atoms with Gasteiger partial charge >= 0.3 is 5.97 Å². The Labute approximate surface area is 162 Å². The predicted octanol–water partition coefficient (Wildman–Crippen LogP) is 2.84. The summed E-state index contributed by atoms with van der Waals surface area (Å²) in [6, 6.07) is 9.61. The Bertz CT molecular complexity index is 1220. The normalized spacial score (nSPS) is 20.2. The lowest BCUT2D eigenvalue weighted by Gasteiger charge is -2.31. The smallest absolute Gasteiger partial charge is 0.343 e. The Hall–Kier alpha value is -2.51. The molecule has 136 valence electrons. The van der Waals surface area contributed by atoms with E-state index in [1.54, 1.807) is 17.6 Å². The van der Waals surface area contributed by atoms with Gasteiger partial charge in [-0.1, -0.05) is 28.9 Å². The molecule has 0 spiro atoms. The van der Waals surface area contributed by atoms with Crippen LogP contribution in [0.1, 0.15) is 30.0 Å². The molecule has 0 unspecified atom stereocenters. The molecule has 27 heavy (non-hydrogen) atoms. The first-order valence-corrected chi connectivity index (χ1v) is 9.48. The summed E-state index contributed by atoms with van der Waals surface area (Å²) < 4.78 is 7.64. The molecule has 2 aromatic heterocycles. The Balaban J connectivity index is 1.80. The molecule has 5 rings (SSSR count). The fraction of sp³-hybridized carbons (Fsp3) is 0.250. The standard InChI is InChI=1S/C20H15BrN2O4/c1-2-20(26)14-7-16-17-11(5-10-3-4-12(21)6-15(10)22-17)8-23(16)18(24)13(14)9-27-19(20)25/h3-7,26H,2,8-9H2,1H3/t20-/m0/s1. The molecule has 7 heteroatoms. The molecule has 0 amide bonds. The number of hydrogen-bond acceptors (Lipinski definition) is 5. The number of fused-ring (bicyclic) bond motifs is 5. The van der Waals surface area contributed by atoms with Crippen molar-refractivity contribution in [3.05, 3.63) is 61.8 Å². The zero-order valence-corrected chi connectivity index (χ0v) is 16.0. The van der Waals surface area contributed by atoms with Gasteiger partial charge in [-0.2, -0.15) is 0 Å². The number of cyclic esters (lactones) is 1. The summed E-state index contributed by atoms with van der Waals surface area (Å²) >= 11 is 3.46. The molecule has 0 bridgehead atoms. The van der Waals surface area contributed by atoms with Crippen LogP contribution in [-0.2, 0) is 28.3 Å². The minimum Gasteiger partial charge on any atom is -0.458 e. The van der Waals surface area contributed by atoms with Gasteiger partial charge < -0.3 is 14.4 Å². The molecule has 1 N–H and O–H groups in total. The van der Waals surface area contributed by atoms with Crippen molar-refractivity contribution in [2.45, 2.75) is 32.1 Å². The van der Waals surface area contributed by atoms with Crippen LogP contribution in [0.4, 0.5) is 0 Å². The molecule has 4 heterocycles. The molecule has 6 nitrogen and oxygen atoms in total. The van der Waals surface area contributed by atoms with Crippen LogP contribution in [0.25, 0.3) is 22.3 Å². The summed E-state index contributed by atoms with van der Waals surface area (Å²) in [5.41, 5.74) is 1.71. The van der Waals surface area contributed by atoms with Gasteiger partial charge in [-0.25, -0.2) is 9.78 Å². The summed E-state index contributed by atoms with van der Waals surface area (Å²) in [6.07, 6.45) is 0.132. The van der Waals surface area contributed by atoms with Gasteiger partial charge in [0.2, 0.25) is 0 Å². The molecule has 0 fully saturated rings. The molecule has 1 atom stereocenters. The van der Waals surface area contributed by atoms with Gasteiger partial charge in [0.15, 0.2) is 5.60 Å². The number of hydrogen-bond donors (Lipinski definition) is 1. The summed E-state index contributed by atoms with van der Waals surface area (Å²) in [5, 5.41) is 11.9. The van der Waals surface area contributed by atoms with E-state index in [0.29, 0.717) is 29.1 Å². The number of aliphatic hydroxyl groups is 1. The molecule has 0 saturated carbocycles. The SMILES string of the molecule is CC[C@@]1(O)C(=O)OCc2c1cc1n(c2=O)Cc2cc3ccc(Br)cc3nc2-1. The maximum Gasteiger partial charge on any atom is 0.343 e. The van der Waals surface area contributed by atoms with Crippen molar-refractivity contribution in [1.29, 1.82) is 0 Å². The molecule has 0 radical (unpaired) electrons. The fourth-order valence-electron chi connectivity index (χ4n) is 3.95. The molecule has 0 aliphatic carbocycles. The second kappa shape index (κ2) is 5.50. The lowest BCUT2D eigenvalue weighted by molar-refractivity contribution is -0.172. The molecule has 2 aliphatic heterocycles. The number of benzene rings is 1. The Kier molecular flexibility index (Phi) is 3.39. The zero-order valence-electron chi connectivity index (χ0n) is 14.5. The summed E-state index contributed by atoms with van der Waals surface area (Å²) in [7, 11) is 0. The van der Waals surface area contributed by atoms with Crippen LogP contribution in [-0.4, -0.2) is 20.6 Å². The molecular weight excluding hydrogens is 412 g/mol. The van der Waals surface area contributed by atoms with Crippen molar-refractivity contribution in [2.75, 3.05) is 0 Å². The van der Waals surface area contributed by atoms with Crippen molar-refractivity contribution in [2.24, 2.45) is 0 Å². The first-order chi connectivity index (χ1) is 12.9. The molecule has 0 saturated heterocycles. The third-order valence-corrected chi connectivity index (χ3v) is 5.97.